The zero-order valence-corrected chi connectivity index (χ0v) is 9.39. The maximum Gasteiger partial charge on any atom is 0.164 e. The van der Waals surface area contributed by atoms with Crippen molar-refractivity contribution in [3.8, 4) is 0 Å². The van der Waals surface area contributed by atoms with E-state index in [1.165, 1.54) is 6.42 Å². The molecular formula is C13H17NO2. The number of pyridine rings is 1. The number of carbonyl (C=O) groups is 1. The van der Waals surface area contributed by atoms with Crippen LogP contribution in [0.25, 0.3) is 0 Å². The summed E-state index contributed by atoms with van der Waals surface area (Å²) in [6.07, 6.45) is 8.49. The van der Waals surface area contributed by atoms with Crippen LogP contribution in [0.5, 0.6) is 0 Å². The lowest BCUT2D eigenvalue weighted by atomic mass is 10.0. The van der Waals surface area contributed by atoms with Crippen molar-refractivity contribution in [3.63, 3.8) is 0 Å². The largest absolute Gasteiger partial charge is 0.378 e. The first-order valence-corrected chi connectivity index (χ1v) is 5.91. The molecule has 1 aromatic heterocycles. The maximum atomic E-state index is 11.8. The number of hydrogen-bond donors (Lipinski definition) is 0. The average molecular weight is 219 g/mol. The van der Waals surface area contributed by atoms with E-state index in [4.69, 9.17) is 4.74 Å². The van der Waals surface area contributed by atoms with Crippen LogP contribution in [-0.4, -0.2) is 23.5 Å². The number of Topliss-reactive ketones (excluding diaryl/α,β-unsaturated/α-hetero) is 1. The number of ether oxygens (including phenoxy) is 1. The van der Waals surface area contributed by atoms with Crippen LogP contribution >= 0.6 is 0 Å². The van der Waals surface area contributed by atoms with Gasteiger partial charge >= 0.3 is 0 Å². The molecule has 1 unspecified atom stereocenters. The van der Waals surface area contributed by atoms with E-state index in [0.29, 0.717) is 12.0 Å². The summed E-state index contributed by atoms with van der Waals surface area (Å²) in [5, 5.41) is 0. The van der Waals surface area contributed by atoms with Crippen molar-refractivity contribution >= 4 is 5.78 Å². The van der Waals surface area contributed by atoms with E-state index in [2.05, 4.69) is 4.98 Å². The zero-order valence-electron chi connectivity index (χ0n) is 9.39. The molecule has 86 valence electrons. The van der Waals surface area contributed by atoms with Crippen molar-refractivity contribution in [2.75, 3.05) is 6.61 Å². The quantitative estimate of drug-likeness (QED) is 0.731. The highest BCUT2D eigenvalue weighted by Crippen LogP contribution is 2.18. The molecule has 2 rings (SSSR count). The molecule has 0 spiro atoms. The molecule has 3 heteroatoms. The van der Waals surface area contributed by atoms with Crippen molar-refractivity contribution < 1.29 is 9.53 Å². The van der Waals surface area contributed by atoms with Gasteiger partial charge in [0.25, 0.3) is 0 Å². The number of aromatic nitrogens is 1. The van der Waals surface area contributed by atoms with Crippen LogP contribution in [0.4, 0.5) is 0 Å². The van der Waals surface area contributed by atoms with Crippen LogP contribution in [0, 0.1) is 0 Å². The maximum absolute atomic E-state index is 11.8. The topological polar surface area (TPSA) is 39.2 Å². The van der Waals surface area contributed by atoms with E-state index in [0.717, 1.165) is 25.9 Å². The molecule has 2 heterocycles. The highest BCUT2D eigenvalue weighted by atomic mass is 16.5. The van der Waals surface area contributed by atoms with E-state index in [1.54, 1.807) is 18.5 Å². The van der Waals surface area contributed by atoms with Gasteiger partial charge < -0.3 is 4.74 Å². The smallest absolute Gasteiger partial charge is 0.164 e. The van der Waals surface area contributed by atoms with Crippen molar-refractivity contribution in [2.24, 2.45) is 0 Å². The second-order valence-corrected chi connectivity index (χ2v) is 4.19. The van der Waals surface area contributed by atoms with Gasteiger partial charge in [0.1, 0.15) is 0 Å². The Kier molecular flexibility index (Phi) is 4.05. The minimum absolute atomic E-state index is 0.169. The van der Waals surface area contributed by atoms with Crippen LogP contribution in [-0.2, 0) is 4.74 Å². The summed E-state index contributed by atoms with van der Waals surface area (Å²) in [7, 11) is 0. The fraction of sp³-hybridized carbons (Fsp3) is 0.538. The summed E-state index contributed by atoms with van der Waals surface area (Å²) in [6.45, 7) is 0.853. The fourth-order valence-corrected chi connectivity index (χ4v) is 2.00. The normalized spacial score (nSPS) is 20.6. The molecule has 1 aliphatic heterocycles. The van der Waals surface area contributed by atoms with Gasteiger partial charge in [0.05, 0.1) is 6.10 Å². The first-order chi connectivity index (χ1) is 7.86. The molecule has 16 heavy (non-hydrogen) atoms. The van der Waals surface area contributed by atoms with Crippen molar-refractivity contribution in [1.29, 1.82) is 0 Å². The molecule has 0 saturated carbocycles. The predicted molar refractivity (Wildman–Crippen MR) is 61.4 cm³/mol. The monoisotopic (exact) mass is 219 g/mol. The van der Waals surface area contributed by atoms with E-state index in [9.17, 15) is 4.79 Å². The first-order valence-electron chi connectivity index (χ1n) is 5.91. The van der Waals surface area contributed by atoms with Crippen molar-refractivity contribution in [2.45, 2.75) is 38.2 Å². The number of nitrogens with zero attached hydrogens (tertiary/aromatic N) is 1. The minimum atomic E-state index is 0.169. The Balaban J connectivity index is 1.79. The first kappa shape index (κ1) is 11.3. The van der Waals surface area contributed by atoms with Gasteiger partial charge in [0, 0.05) is 31.0 Å². The molecule has 0 aliphatic carbocycles. The molecule has 0 aromatic carbocycles. The summed E-state index contributed by atoms with van der Waals surface area (Å²) in [4.78, 5) is 15.7. The van der Waals surface area contributed by atoms with Gasteiger partial charge in [-0.15, -0.1) is 0 Å². The van der Waals surface area contributed by atoms with Gasteiger partial charge in [-0.1, -0.05) is 0 Å². The summed E-state index contributed by atoms with van der Waals surface area (Å²) < 4.78 is 5.60. The van der Waals surface area contributed by atoms with Crippen LogP contribution < -0.4 is 0 Å². The van der Waals surface area contributed by atoms with Crippen LogP contribution in [0.2, 0.25) is 0 Å². The molecule has 1 fully saturated rings. The Morgan fingerprint density at radius 3 is 3.12 bits per heavy atom. The van der Waals surface area contributed by atoms with Gasteiger partial charge in [0.2, 0.25) is 0 Å². The zero-order chi connectivity index (χ0) is 11.2. The highest BCUT2D eigenvalue weighted by molar-refractivity contribution is 5.95. The van der Waals surface area contributed by atoms with Gasteiger partial charge in [-0.2, -0.15) is 0 Å². The molecule has 0 amide bonds. The molecule has 3 nitrogen and oxygen atoms in total. The summed E-state index contributed by atoms with van der Waals surface area (Å²) in [5.41, 5.74) is 0.707. The second kappa shape index (κ2) is 5.75. The Morgan fingerprint density at radius 1 is 1.50 bits per heavy atom. The molecule has 1 saturated heterocycles. The number of hydrogen-bond acceptors (Lipinski definition) is 3. The third-order valence-corrected chi connectivity index (χ3v) is 2.95. The molecule has 1 atom stereocenters. The van der Waals surface area contributed by atoms with Gasteiger partial charge in [-0.05, 0) is 37.8 Å². The molecule has 0 radical (unpaired) electrons. The molecule has 0 N–H and O–H groups in total. The SMILES string of the molecule is O=C(CCC1CCCCO1)c1cccnc1. The molecule has 1 aliphatic rings. The Bertz CT molecular complexity index is 331. The standard InChI is InChI=1S/C13H17NO2/c15-13(11-4-3-8-14-10-11)7-6-12-5-1-2-9-16-12/h3-4,8,10,12H,1-2,5-7,9H2. The van der Waals surface area contributed by atoms with Crippen LogP contribution in [0.3, 0.4) is 0 Å². The summed E-state index contributed by atoms with van der Waals surface area (Å²) in [6, 6.07) is 3.61. The van der Waals surface area contributed by atoms with Crippen LogP contribution in [0.1, 0.15) is 42.5 Å². The lowest BCUT2D eigenvalue weighted by Crippen LogP contribution is -2.20. The Labute approximate surface area is 95.8 Å². The number of ketones is 1. The number of rotatable bonds is 4. The van der Waals surface area contributed by atoms with E-state index in [-0.39, 0.29) is 11.9 Å². The average Bonchev–Trinajstić information content (AvgIpc) is 2.38. The molecule has 0 bridgehead atoms. The molecular weight excluding hydrogens is 202 g/mol. The minimum Gasteiger partial charge on any atom is -0.378 e. The summed E-state index contributed by atoms with van der Waals surface area (Å²) >= 11 is 0. The van der Waals surface area contributed by atoms with E-state index in [1.807, 2.05) is 6.07 Å². The summed E-state index contributed by atoms with van der Waals surface area (Å²) in [5.74, 6) is 0.169. The lowest BCUT2D eigenvalue weighted by Gasteiger charge is -2.22. The number of carbonyl (C=O) groups excluding carboxylic acids is 1. The van der Waals surface area contributed by atoms with Crippen molar-refractivity contribution in [1.82, 2.24) is 4.98 Å². The van der Waals surface area contributed by atoms with E-state index >= 15 is 0 Å². The Hall–Kier alpha value is -1.22. The Morgan fingerprint density at radius 2 is 2.44 bits per heavy atom. The third-order valence-electron chi connectivity index (χ3n) is 2.95. The van der Waals surface area contributed by atoms with Gasteiger partial charge in [-0.3, -0.25) is 9.78 Å². The van der Waals surface area contributed by atoms with Gasteiger partial charge in [0.15, 0.2) is 5.78 Å². The highest BCUT2D eigenvalue weighted by Gasteiger charge is 2.15. The van der Waals surface area contributed by atoms with Crippen molar-refractivity contribution in [3.05, 3.63) is 30.1 Å². The van der Waals surface area contributed by atoms with Crippen LogP contribution in [0.15, 0.2) is 24.5 Å². The van der Waals surface area contributed by atoms with Gasteiger partial charge in [-0.25, -0.2) is 0 Å². The second-order valence-electron chi connectivity index (χ2n) is 4.19. The third kappa shape index (κ3) is 3.14. The lowest BCUT2D eigenvalue weighted by molar-refractivity contribution is 0.0104. The van der Waals surface area contributed by atoms with E-state index < -0.39 is 0 Å². The fourth-order valence-electron chi connectivity index (χ4n) is 2.00. The predicted octanol–water partition coefficient (Wildman–Crippen LogP) is 2.61. The molecule has 1 aromatic rings.